The van der Waals surface area contributed by atoms with Crippen molar-refractivity contribution < 1.29 is 4.42 Å². The third kappa shape index (κ3) is 2.20. The second kappa shape index (κ2) is 5.33. The average molecular weight is 287 g/mol. The average Bonchev–Trinajstić information content (AvgIpc) is 3.24. The maximum Gasteiger partial charge on any atom is 0.181 e. The van der Waals surface area contributed by atoms with E-state index in [4.69, 9.17) is 4.42 Å². The van der Waals surface area contributed by atoms with Crippen molar-refractivity contribution in [3.05, 3.63) is 73.4 Å². The standard InChI is InChI=1S/C11H8N2.C7H5NO/c1-2-4-9-8(3-1)5-6-10-11(9)13-7-12-10;1-2-4-7-6(3-1)8-5-9-7/h1-7H,(H,12,13);1-5H. The highest BCUT2D eigenvalue weighted by Crippen LogP contribution is 2.21. The van der Waals surface area contributed by atoms with Crippen molar-refractivity contribution in [2.45, 2.75) is 0 Å². The molecule has 0 aliphatic heterocycles. The SMILES string of the molecule is c1ccc2c(c1)ccc1[nH]cnc12.c1ccc2ocnc2c1. The maximum atomic E-state index is 5.01. The van der Waals surface area contributed by atoms with Crippen LogP contribution in [0.4, 0.5) is 0 Å². The molecule has 0 aliphatic rings. The predicted molar refractivity (Wildman–Crippen MR) is 87.6 cm³/mol. The molecule has 5 aromatic rings. The Kier molecular flexibility index (Phi) is 3.05. The second-order valence-corrected chi connectivity index (χ2v) is 4.91. The first-order valence-corrected chi connectivity index (χ1v) is 7.01. The van der Waals surface area contributed by atoms with E-state index in [1.165, 1.54) is 17.2 Å². The summed E-state index contributed by atoms with van der Waals surface area (Å²) in [7, 11) is 0. The number of aromatic nitrogens is 3. The van der Waals surface area contributed by atoms with Crippen molar-refractivity contribution >= 4 is 32.9 Å². The molecule has 3 aromatic carbocycles. The summed E-state index contributed by atoms with van der Waals surface area (Å²) in [6.45, 7) is 0. The number of nitrogens with one attached hydrogen (secondary N) is 1. The molecule has 0 atom stereocenters. The Labute approximate surface area is 126 Å². The number of para-hydroxylation sites is 2. The minimum Gasteiger partial charge on any atom is -0.443 e. The fourth-order valence-electron chi connectivity index (χ4n) is 2.48. The quantitative estimate of drug-likeness (QED) is 0.455. The van der Waals surface area contributed by atoms with Crippen LogP contribution < -0.4 is 0 Å². The number of rotatable bonds is 0. The van der Waals surface area contributed by atoms with Crippen LogP contribution in [-0.2, 0) is 0 Å². The second-order valence-electron chi connectivity index (χ2n) is 4.91. The van der Waals surface area contributed by atoms with Crippen molar-refractivity contribution in [2.24, 2.45) is 0 Å². The number of aromatic amines is 1. The molecule has 0 saturated carbocycles. The van der Waals surface area contributed by atoms with Crippen molar-refractivity contribution in [3.8, 4) is 0 Å². The Balaban J connectivity index is 0.000000122. The first-order valence-electron chi connectivity index (χ1n) is 7.01. The first-order chi connectivity index (χ1) is 10.9. The number of hydrogen-bond donors (Lipinski definition) is 1. The fourth-order valence-corrected chi connectivity index (χ4v) is 2.48. The van der Waals surface area contributed by atoms with Gasteiger partial charge in [0.2, 0.25) is 0 Å². The third-order valence-corrected chi connectivity index (χ3v) is 3.55. The number of nitrogens with zero attached hydrogens (tertiary/aromatic N) is 2. The Bertz CT molecular complexity index is 1020. The molecule has 106 valence electrons. The van der Waals surface area contributed by atoms with Crippen LogP contribution in [0.2, 0.25) is 0 Å². The lowest BCUT2D eigenvalue weighted by Gasteiger charge is -1.96. The van der Waals surface area contributed by atoms with Gasteiger partial charge in [0.25, 0.3) is 0 Å². The molecule has 2 heterocycles. The van der Waals surface area contributed by atoms with Gasteiger partial charge in [-0.15, -0.1) is 0 Å². The van der Waals surface area contributed by atoms with Crippen molar-refractivity contribution in [3.63, 3.8) is 0 Å². The molecule has 0 saturated heterocycles. The van der Waals surface area contributed by atoms with Crippen molar-refractivity contribution in [2.75, 3.05) is 0 Å². The van der Waals surface area contributed by atoms with E-state index < -0.39 is 0 Å². The number of hydrogen-bond acceptors (Lipinski definition) is 3. The van der Waals surface area contributed by atoms with Gasteiger partial charge in [-0.05, 0) is 23.6 Å². The van der Waals surface area contributed by atoms with Gasteiger partial charge in [-0.3, -0.25) is 0 Å². The van der Waals surface area contributed by atoms with E-state index in [1.807, 2.05) is 36.4 Å². The van der Waals surface area contributed by atoms with Gasteiger partial charge < -0.3 is 9.40 Å². The summed E-state index contributed by atoms with van der Waals surface area (Å²) >= 11 is 0. The highest BCUT2D eigenvalue weighted by atomic mass is 16.3. The normalized spacial score (nSPS) is 10.7. The lowest BCUT2D eigenvalue weighted by atomic mass is 10.1. The lowest BCUT2D eigenvalue weighted by molar-refractivity contribution is 0.602. The van der Waals surface area contributed by atoms with Gasteiger partial charge in [0.05, 0.1) is 17.4 Å². The van der Waals surface area contributed by atoms with Gasteiger partial charge in [-0.1, -0.05) is 42.5 Å². The molecule has 0 fully saturated rings. The van der Waals surface area contributed by atoms with Crippen LogP contribution in [0.25, 0.3) is 32.9 Å². The molecule has 4 nitrogen and oxygen atoms in total. The Morgan fingerprint density at radius 1 is 0.818 bits per heavy atom. The third-order valence-electron chi connectivity index (χ3n) is 3.55. The number of benzene rings is 3. The van der Waals surface area contributed by atoms with Gasteiger partial charge in [0, 0.05) is 5.39 Å². The Morgan fingerprint density at radius 2 is 1.68 bits per heavy atom. The molecule has 0 aliphatic carbocycles. The Morgan fingerprint density at radius 3 is 2.64 bits per heavy atom. The summed E-state index contributed by atoms with van der Waals surface area (Å²) < 4.78 is 5.01. The van der Waals surface area contributed by atoms with E-state index >= 15 is 0 Å². The molecule has 4 heteroatoms. The molecular weight excluding hydrogens is 274 g/mol. The van der Waals surface area contributed by atoms with Gasteiger partial charge >= 0.3 is 0 Å². The molecule has 0 unspecified atom stereocenters. The first kappa shape index (κ1) is 12.6. The molecule has 0 spiro atoms. The predicted octanol–water partition coefficient (Wildman–Crippen LogP) is 4.54. The number of imidazole rings is 1. The summed E-state index contributed by atoms with van der Waals surface area (Å²) in [5.74, 6) is 0. The van der Waals surface area contributed by atoms with E-state index in [-0.39, 0.29) is 0 Å². The van der Waals surface area contributed by atoms with Crippen LogP contribution in [0.1, 0.15) is 0 Å². The zero-order valence-corrected chi connectivity index (χ0v) is 11.7. The van der Waals surface area contributed by atoms with E-state index in [0.29, 0.717) is 0 Å². The molecular formula is C18H13N3O. The van der Waals surface area contributed by atoms with E-state index in [9.17, 15) is 0 Å². The van der Waals surface area contributed by atoms with Gasteiger partial charge in [-0.25, -0.2) is 9.97 Å². The fraction of sp³-hybridized carbons (Fsp3) is 0. The van der Waals surface area contributed by atoms with E-state index in [2.05, 4.69) is 39.2 Å². The van der Waals surface area contributed by atoms with Gasteiger partial charge in [0.15, 0.2) is 12.0 Å². The topological polar surface area (TPSA) is 54.7 Å². The van der Waals surface area contributed by atoms with Crippen LogP contribution in [0.5, 0.6) is 0 Å². The van der Waals surface area contributed by atoms with E-state index in [1.54, 1.807) is 6.33 Å². The molecule has 2 aromatic heterocycles. The zero-order valence-electron chi connectivity index (χ0n) is 11.7. The van der Waals surface area contributed by atoms with Crippen molar-refractivity contribution in [1.82, 2.24) is 15.0 Å². The summed E-state index contributed by atoms with van der Waals surface area (Å²) in [5, 5.41) is 2.45. The van der Waals surface area contributed by atoms with Crippen LogP contribution in [0.3, 0.4) is 0 Å². The molecule has 5 rings (SSSR count). The van der Waals surface area contributed by atoms with Crippen molar-refractivity contribution in [1.29, 1.82) is 0 Å². The minimum atomic E-state index is 0.845. The molecule has 0 bridgehead atoms. The molecule has 0 radical (unpaired) electrons. The van der Waals surface area contributed by atoms with E-state index in [0.717, 1.165) is 22.1 Å². The van der Waals surface area contributed by atoms with Crippen LogP contribution >= 0.6 is 0 Å². The number of fused-ring (bicyclic) bond motifs is 4. The monoisotopic (exact) mass is 287 g/mol. The lowest BCUT2D eigenvalue weighted by Crippen LogP contribution is -1.74. The van der Waals surface area contributed by atoms with Crippen LogP contribution in [0, 0.1) is 0 Å². The Hall–Kier alpha value is -3.14. The highest BCUT2D eigenvalue weighted by molar-refractivity contribution is 6.03. The minimum absolute atomic E-state index is 0.845. The smallest absolute Gasteiger partial charge is 0.181 e. The van der Waals surface area contributed by atoms with Gasteiger partial charge in [-0.2, -0.15) is 0 Å². The van der Waals surface area contributed by atoms with Crippen LogP contribution in [-0.4, -0.2) is 15.0 Å². The number of oxazole rings is 1. The number of H-pyrrole nitrogens is 1. The summed E-state index contributed by atoms with van der Waals surface area (Å²) in [6.07, 6.45) is 3.18. The molecule has 0 amide bonds. The highest BCUT2D eigenvalue weighted by Gasteiger charge is 2.00. The molecule has 22 heavy (non-hydrogen) atoms. The van der Waals surface area contributed by atoms with Crippen LogP contribution in [0.15, 0.2) is 77.8 Å². The van der Waals surface area contributed by atoms with Gasteiger partial charge in [0.1, 0.15) is 5.52 Å². The summed E-state index contributed by atoms with van der Waals surface area (Å²) in [6, 6.07) is 20.1. The molecule has 1 N–H and O–H groups in total. The summed E-state index contributed by atoms with van der Waals surface area (Å²) in [5.41, 5.74) is 3.91. The largest absolute Gasteiger partial charge is 0.443 e. The maximum absolute atomic E-state index is 5.01. The zero-order chi connectivity index (χ0) is 14.8. The summed E-state index contributed by atoms with van der Waals surface area (Å²) in [4.78, 5) is 11.3.